The van der Waals surface area contributed by atoms with E-state index < -0.39 is 12.1 Å². The fourth-order valence-corrected chi connectivity index (χ4v) is 0.515. The van der Waals surface area contributed by atoms with E-state index in [-0.39, 0.29) is 19.4 Å². The van der Waals surface area contributed by atoms with E-state index in [1.54, 1.807) is 6.92 Å². The van der Waals surface area contributed by atoms with Crippen LogP contribution in [0.2, 0.25) is 0 Å². The van der Waals surface area contributed by atoms with Crippen molar-refractivity contribution in [3.63, 3.8) is 0 Å². The third-order valence-electron chi connectivity index (χ3n) is 1.01. The SMILES string of the molecule is CCOC(=O)C(O)C/C=C\F. The predicted octanol–water partition coefficient (Wildman–Crippen LogP) is 0.784. The van der Waals surface area contributed by atoms with Gasteiger partial charge in [-0.05, 0) is 6.92 Å². The van der Waals surface area contributed by atoms with E-state index in [0.717, 1.165) is 6.08 Å². The van der Waals surface area contributed by atoms with Gasteiger partial charge in [-0.15, -0.1) is 0 Å². The van der Waals surface area contributed by atoms with Gasteiger partial charge in [0.05, 0.1) is 12.9 Å². The average molecular weight is 162 g/mol. The summed E-state index contributed by atoms with van der Waals surface area (Å²) in [5.41, 5.74) is 0. The maximum atomic E-state index is 11.4. The molecule has 0 bridgehead atoms. The smallest absolute Gasteiger partial charge is 0.335 e. The fraction of sp³-hybridized carbons (Fsp3) is 0.571. The molecule has 0 aromatic heterocycles. The summed E-state index contributed by atoms with van der Waals surface area (Å²) in [6.07, 6.45) is 0.0428. The van der Waals surface area contributed by atoms with Gasteiger partial charge in [0, 0.05) is 6.42 Å². The van der Waals surface area contributed by atoms with Crippen LogP contribution in [-0.4, -0.2) is 23.8 Å². The summed E-state index contributed by atoms with van der Waals surface area (Å²) in [5.74, 6) is -0.717. The summed E-state index contributed by atoms with van der Waals surface area (Å²) in [6, 6.07) is 0. The number of aliphatic hydroxyl groups excluding tert-OH is 1. The minimum atomic E-state index is -1.25. The van der Waals surface area contributed by atoms with Gasteiger partial charge in [0.15, 0.2) is 6.10 Å². The van der Waals surface area contributed by atoms with Gasteiger partial charge in [0.2, 0.25) is 0 Å². The lowest BCUT2D eigenvalue weighted by Crippen LogP contribution is -2.22. The van der Waals surface area contributed by atoms with Crippen LogP contribution in [0.3, 0.4) is 0 Å². The Morgan fingerprint density at radius 1 is 1.82 bits per heavy atom. The maximum absolute atomic E-state index is 11.4. The predicted molar refractivity (Wildman–Crippen MR) is 37.5 cm³/mol. The summed E-state index contributed by atoms with van der Waals surface area (Å²) in [5, 5.41) is 8.89. The van der Waals surface area contributed by atoms with E-state index >= 15 is 0 Å². The van der Waals surface area contributed by atoms with Crippen LogP contribution in [0.1, 0.15) is 13.3 Å². The van der Waals surface area contributed by atoms with E-state index in [0.29, 0.717) is 0 Å². The monoisotopic (exact) mass is 162 g/mol. The summed E-state index contributed by atoms with van der Waals surface area (Å²) >= 11 is 0. The Morgan fingerprint density at radius 2 is 2.45 bits per heavy atom. The summed E-state index contributed by atoms with van der Waals surface area (Å²) in [6.45, 7) is 1.85. The molecule has 0 aromatic rings. The highest BCUT2D eigenvalue weighted by atomic mass is 19.1. The number of hydrogen-bond donors (Lipinski definition) is 1. The van der Waals surface area contributed by atoms with Crippen molar-refractivity contribution in [1.29, 1.82) is 0 Å². The van der Waals surface area contributed by atoms with Crippen LogP contribution in [0, 0.1) is 0 Å². The zero-order valence-electron chi connectivity index (χ0n) is 6.29. The van der Waals surface area contributed by atoms with Crippen LogP contribution in [0.15, 0.2) is 12.4 Å². The normalized spacial score (nSPS) is 13.4. The Kier molecular flexibility index (Phi) is 5.37. The maximum Gasteiger partial charge on any atom is 0.335 e. The van der Waals surface area contributed by atoms with Crippen LogP contribution in [0.5, 0.6) is 0 Å². The molecule has 0 spiro atoms. The summed E-state index contributed by atoms with van der Waals surface area (Å²) in [7, 11) is 0. The van der Waals surface area contributed by atoms with Crippen molar-refractivity contribution in [2.24, 2.45) is 0 Å². The number of carbonyl (C=O) groups is 1. The molecule has 0 saturated carbocycles. The molecule has 64 valence electrons. The summed E-state index contributed by atoms with van der Waals surface area (Å²) in [4.78, 5) is 10.6. The molecule has 0 aliphatic heterocycles. The molecule has 0 saturated heterocycles. The second kappa shape index (κ2) is 5.85. The Hall–Kier alpha value is -0.900. The third kappa shape index (κ3) is 4.50. The van der Waals surface area contributed by atoms with Crippen molar-refractivity contribution in [1.82, 2.24) is 0 Å². The lowest BCUT2D eigenvalue weighted by atomic mass is 10.2. The molecule has 4 heteroatoms. The minimum Gasteiger partial charge on any atom is -0.464 e. The fourth-order valence-electron chi connectivity index (χ4n) is 0.515. The van der Waals surface area contributed by atoms with Gasteiger partial charge in [-0.1, -0.05) is 6.08 Å². The number of halogens is 1. The van der Waals surface area contributed by atoms with E-state index in [1.165, 1.54) is 0 Å². The number of ether oxygens (including phenoxy) is 1. The van der Waals surface area contributed by atoms with Gasteiger partial charge >= 0.3 is 5.97 Å². The molecule has 1 unspecified atom stereocenters. The van der Waals surface area contributed by atoms with Crippen LogP contribution in [-0.2, 0) is 9.53 Å². The Bertz CT molecular complexity index is 145. The van der Waals surface area contributed by atoms with Crippen LogP contribution < -0.4 is 0 Å². The van der Waals surface area contributed by atoms with Crippen molar-refractivity contribution in [2.75, 3.05) is 6.61 Å². The highest BCUT2D eigenvalue weighted by Gasteiger charge is 2.13. The highest BCUT2D eigenvalue weighted by Crippen LogP contribution is 1.96. The molecule has 0 aromatic carbocycles. The van der Waals surface area contributed by atoms with Crippen LogP contribution >= 0.6 is 0 Å². The Labute approximate surface area is 64.5 Å². The molecule has 0 aliphatic rings. The topological polar surface area (TPSA) is 46.5 Å². The van der Waals surface area contributed by atoms with Gasteiger partial charge < -0.3 is 9.84 Å². The van der Waals surface area contributed by atoms with Crippen molar-refractivity contribution in [2.45, 2.75) is 19.4 Å². The molecular weight excluding hydrogens is 151 g/mol. The number of carbonyl (C=O) groups excluding carboxylic acids is 1. The van der Waals surface area contributed by atoms with Crippen LogP contribution in [0.4, 0.5) is 4.39 Å². The largest absolute Gasteiger partial charge is 0.464 e. The van der Waals surface area contributed by atoms with E-state index in [4.69, 9.17) is 5.11 Å². The minimum absolute atomic E-state index is 0.0463. The average Bonchev–Trinajstić information content (AvgIpc) is 2.00. The molecular formula is C7H11FO3. The number of esters is 1. The summed E-state index contributed by atoms with van der Waals surface area (Å²) < 4.78 is 15.8. The van der Waals surface area contributed by atoms with Gasteiger partial charge in [0.25, 0.3) is 0 Å². The van der Waals surface area contributed by atoms with Crippen molar-refractivity contribution < 1.29 is 19.0 Å². The quantitative estimate of drug-likeness (QED) is 0.621. The molecule has 0 aliphatic carbocycles. The molecule has 0 amide bonds. The lowest BCUT2D eigenvalue weighted by molar-refractivity contribution is -0.152. The van der Waals surface area contributed by atoms with Gasteiger partial charge in [-0.25, -0.2) is 9.18 Å². The van der Waals surface area contributed by atoms with Crippen LogP contribution in [0.25, 0.3) is 0 Å². The number of hydrogen-bond acceptors (Lipinski definition) is 3. The zero-order valence-corrected chi connectivity index (χ0v) is 6.29. The lowest BCUT2D eigenvalue weighted by Gasteiger charge is -2.05. The number of aliphatic hydroxyl groups is 1. The molecule has 1 N–H and O–H groups in total. The zero-order chi connectivity index (χ0) is 8.69. The molecule has 0 heterocycles. The molecule has 11 heavy (non-hydrogen) atoms. The highest BCUT2D eigenvalue weighted by molar-refractivity contribution is 5.74. The standard InChI is InChI=1S/C7H11FO3/c1-2-11-7(10)6(9)4-3-5-8/h3,5-6,9H,2,4H2,1H3/b5-3-. The molecule has 0 fully saturated rings. The van der Waals surface area contributed by atoms with E-state index in [1.807, 2.05) is 0 Å². The first-order valence-electron chi connectivity index (χ1n) is 3.32. The first kappa shape index (κ1) is 10.1. The van der Waals surface area contributed by atoms with Gasteiger partial charge in [-0.2, -0.15) is 0 Å². The molecule has 0 rings (SSSR count). The van der Waals surface area contributed by atoms with Crippen molar-refractivity contribution in [3.8, 4) is 0 Å². The Morgan fingerprint density at radius 3 is 2.91 bits per heavy atom. The molecule has 0 radical (unpaired) electrons. The third-order valence-corrected chi connectivity index (χ3v) is 1.01. The first-order valence-corrected chi connectivity index (χ1v) is 3.32. The molecule has 3 nitrogen and oxygen atoms in total. The van der Waals surface area contributed by atoms with Gasteiger partial charge in [0.1, 0.15) is 0 Å². The van der Waals surface area contributed by atoms with Crippen molar-refractivity contribution >= 4 is 5.97 Å². The van der Waals surface area contributed by atoms with Gasteiger partial charge in [-0.3, -0.25) is 0 Å². The first-order chi connectivity index (χ1) is 5.22. The second-order valence-corrected chi connectivity index (χ2v) is 1.87. The van der Waals surface area contributed by atoms with E-state index in [9.17, 15) is 9.18 Å². The second-order valence-electron chi connectivity index (χ2n) is 1.87. The van der Waals surface area contributed by atoms with Crippen molar-refractivity contribution in [3.05, 3.63) is 12.4 Å². The van der Waals surface area contributed by atoms with E-state index in [2.05, 4.69) is 4.74 Å². The number of rotatable bonds is 4. The Balaban J connectivity index is 3.63. The molecule has 1 atom stereocenters.